The molecule has 0 saturated carbocycles. The van der Waals surface area contributed by atoms with Crippen LogP contribution in [0.1, 0.15) is 18.4 Å². The zero-order chi connectivity index (χ0) is 22.8. The van der Waals surface area contributed by atoms with Crippen molar-refractivity contribution in [3.05, 3.63) is 48.0 Å². The van der Waals surface area contributed by atoms with Crippen LogP contribution in [0.2, 0.25) is 0 Å². The molecule has 0 bridgehead atoms. The quantitative estimate of drug-likeness (QED) is 0.354. The maximum atomic E-state index is 5.37. The minimum atomic E-state index is 0.690. The fourth-order valence-electron chi connectivity index (χ4n) is 3.95. The van der Waals surface area contributed by atoms with Crippen LogP contribution < -0.4 is 25.0 Å². The molecular weight excluding hydrogens is 402 g/mol. The van der Waals surface area contributed by atoms with Gasteiger partial charge < -0.3 is 25.0 Å². The highest BCUT2D eigenvalue weighted by atomic mass is 16.5. The van der Waals surface area contributed by atoms with Crippen molar-refractivity contribution in [2.45, 2.75) is 19.8 Å². The summed E-state index contributed by atoms with van der Waals surface area (Å²) in [5, 5.41) is 6.70. The van der Waals surface area contributed by atoms with Crippen molar-refractivity contribution in [2.24, 2.45) is 4.99 Å². The lowest BCUT2D eigenvalue weighted by atomic mass is 10.2. The molecule has 2 aromatic carbocycles. The Kier molecular flexibility index (Phi) is 9.04. The fraction of sp³-hybridized carbons (Fsp3) is 0.480. The van der Waals surface area contributed by atoms with Crippen molar-refractivity contribution in [3.8, 4) is 11.5 Å². The van der Waals surface area contributed by atoms with E-state index in [1.165, 1.54) is 17.7 Å². The molecule has 1 fully saturated rings. The average molecular weight is 440 g/mol. The van der Waals surface area contributed by atoms with Gasteiger partial charge in [-0.05, 0) is 56.1 Å². The molecule has 0 aliphatic carbocycles. The van der Waals surface area contributed by atoms with E-state index in [4.69, 9.17) is 9.47 Å². The monoisotopic (exact) mass is 439 g/mol. The van der Waals surface area contributed by atoms with Crippen molar-refractivity contribution in [1.29, 1.82) is 0 Å². The normalized spacial score (nSPS) is 14.9. The second kappa shape index (κ2) is 12.2. The van der Waals surface area contributed by atoms with E-state index in [1.807, 2.05) is 18.2 Å². The molecule has 0 radical (unpaired) electrons. The molecule has 0 atom stereocenters. The number of aliphatic imine (C=N–C) groups is 1. The Labute approximate surface area is 192 Å². The predicted molar refractivity (Wildman–Crippen MR) is 134 cm³/mol. The van der Waals surface area contributed by atoms with Gasteiger partial charge in [-0.3, -0.25) is 9.89 Å². The second-order valence-electron chi connectivity index (χ2n) is 8.07. The third-order valence-electron chi connectivity index (χ3n) is 5.80. The van der Waals surface area contributed by atoms with Gasteiger partial charge in [-0.2, -0.15) is 0 Å². The van der Waals surface area contributed by atoms with Gasteiger partial charge >= 0.3 is 0 Å². The van der Waals surface area contributed by atoms with E-state index in [0.717, 1.165) is 57.3 Å². The highest BCUT2D eigenvalue weighted by Gasteiger charge is 2.16. The maximum absolute atomic E-state index is 5.37. The molecule has 0 spiro atoms. The van der Waals surface area contributed by atoms with Gasteiger partial charge in [0.25, 0.3) is 0 Å². The Balaban J connectivity index is 1.34. The molecule has 0 unspecified atom stereocenters. The maximum Gasteiger partial charge on any atom is 0.195 e. The lowest BCUT2D eigenvalue weighted by Gasteiger charge is -2.36. The molecule has 2 N–H and O–H groups in total. The largest absolute Gasteiger partial charge is 0.493 e. The SMILES string of the molecule is CN=C(NCCCCN1CCN(c2cccc(C)c2)CC1)Nc1ccc(OC)c(OC)c1. The first-order valence-electron chi connectivity index (χ1n) is 11.4. The van der Waals surface area contributed by atoms with Gasteiger partial charge in [0.1, 0.15) is 0 Å². The summed E-state index contributed by atoms with van der Waals surface area (Å²) in [6.45, 7) is 8.65. The first-order chi connectivity index (χ1) is 15.6. The zero-order valence-electron chi connectivity index (χ0n) is 19.9. The van der Waals surface area contributed by atoms with Gasteiger partial charge in [-0.25, -0.2) is 0 Å². The van der Waals surface area contributed by atoms with E-state index < -0.39 is 0 Å². The fourth-order valence-corrected chi connectivity index (χ4v) is 3.95. The first kappa shape index (κ1) is 23.7. The van der Waals surface area contributed by atoms with Crippen LogP contribution in [0.25, 0.3) is 0 Å². The Hall–Kier alpha value is -2.93. The molecule has 0 amide bonds. The number of ether oxygens (including phenoxy) is 2. The number of piperazine rings is 1. The third-order valence-corrected chi connectivity index (χ3v) is 5.80. The molecule has 174 valence electrons. The van der Waals surface area contributed by atoms with Gasteiger partial charge in [-0.1, -0.05) is 12.1 Å². The van der Waals surface area contributed by atoms with Crippen LogP contribution in [0.15, 0.2) is 47.5 Å². The highest BCUT2D eigenvalue weighted by molar-refractivity contribution is 5.93. The molecule has 32 heavy (non-hydrogen) atoms. The molecule has 7 heteroatoms. The Morgan fingerprint density at radius 3 is 2.44 bits per heavy atom. The molecule has 3 rings (SSSR count). The Morgan fingerprint density at radius 2 is 1.75 bits per heavy atom. The van der Waals surface area contributed by atoms with E-state index in [-0.39, 0.29) is 0 Å². The second-order valence-corrected chi connectivity index (χ2v) is 8.07. The number of aryl methyl sites for hydroxylation is 1. The Bertz CT molecular complexity index is 878. The van der Waals surface area contributed by atoms with Gasteiger partial charge in [0.2, 0.25) is 0 Å². The summed E-state index contributed by atoms with van der Waals surface area (Å²) in [7, 11) is 5.05. The number of unbranched alkanes of at least 4 members (excludes halogenated alkanes) is 1. The van der Waals surface area contributed by atoms with Crippen molar-refractivity contribution in [1.82, 2.24) is 10.2 Å². The van der Waals surface area contributed by atoms with Crippen LogP contribution in [0.4, 0.5) is 11.4 Å². The minimum absolute atomic E-state index is 0.690. The van der Waals surface area contributed by atoms with Gasteiger partial charge in [0.05, 0.1) is 14.2 Å². The molecule has 1 aliphatic rings. The highest BCUT2D eigenvalue weighted by Crippen LogP contribution is 2.29. The number of nitrogens with one attached hydrogen (secondary N) is 2. The summed E-state index contributed by atoms with van der Waals surface area (Å²) in [6, 6.07) is 14.5. The molecule has 1 heterocycles. The number of hydrogen-bond acceptors (Lipinski definition) is 5. The van der Waals surface area contributed by atoms with E-state index in [0.29, 0.717) is 11.5 Å². The zero-order valence-corrected chi connectivity index (χ0v) is 19.9. The molecule has 1 saturated heterocycles. The molecule has 7 nitrogen and oxygen atoms in total. The minimum Gasteiger partial charge on any atom is -0.493 e. The van der Waals surface area contributed by atoms with Crippen molar-refractivity contribution in [3.63, 3.8) is 0 Å². The number of nitrogens with zero attached hydrogens (tertiary/aromatic N) is 3. The van der Waals surface area contributed by atoms with E-state index in [2.05, 4.69) is 56.6 Å². The summed E-state index contributed by atoms with van der Waals surface area (Å²) in [6.07, 6.45) is 2.27. The number of hydrogen-bond donors (Lipinski definition) is 2. The van der Waals surface area contributed by atoms with Gasteiger partial charge in [0, 0.05) is 57.2 Å². The number of anilines is 2. The first-order valence-corrected chi connectivity index (χ1v) is 11.4. The van der Waals surface area contributed by atoms with Crippen LogP contribution in [-0.2, 0) is 0 Å². The van der Waals surface area contributed by atoms with Gasteiger partial charge in [-0.15, -0.1) is 0 Å². The summed E-state index contributed by atoms with van der Waals surface area (Å²) >= 11 is 0. The molecule has 0 aromatic heterocycles. The van der Waals surface area contributed by atoms with E-state index in [1.54, 1.807) is 21.3 Å². The molecule has 1 aliphatic heterocycles. The number of methoxy groups -OCH3 is 2. The van der Waals surface area contributed by atoms with Crippen LogP contribution >= 0.6 is 0 Å². The van der Waals surface area contributed by atoms with Crippen LogP contribution in [0.3, 0.4) is 0 Å². The standard InChI is InChI=1S/C25H37N5O2/c1-20-8-7-9-22(18-20)30-16-14-29(15-17-30)13-6-5-12-27-25(26-2)28-21-10-11-23(31-3)24(19-21)32-4/h7-11,18-19H,5-6,12-17H2,1-4H3,(H2,26,27,28). The lowest BCUT2D eigenvalue weighted by molar-refractivity contribution is 0.253. The molecule has 2 aromatic rings. The summed E-state index contributed by atoms with van der Waals surface area (Å²) in [5.74, 6) is 2.15. The number of guanidine groups is 1. The van der Waals surface area contributed by atoms with Crippen molar-refractivity contribution >= 4 is 17.3 Å². The number of rotatable bonds is 9. The van der Waals surface area contributed by atoms with Crippen molar-refractivity contribution in [2.75, 3.05) is 70.8 Å². The van der Waals surface area contributed by atoms with E-state index in [9.17, 15) is 0 Å². The van der Waals surface area contributed by atoms with Gasteiger partial charge in [0.15, 0.2) is 17.5 Å². The van der Waals surface area contributed by atoms with Crippen LogP contribution in [0.5, 0.6) is 11.5 Å². The van der Waals surface area contributed by atoms with Crippen LogP contribution in [-0.4, -0.2) is 71.4 Å². The van der Waals surface area contributed by atoms with Crippen molar-refractivity contribution < 1.29 is 9.47 Å². The third kappa shape index (κ3) is 6.79. The summed E-state index contributed by atoms with van der Waals surface area (Å²) in [4.78, 5) is 9.39. The Morgan fingerprint density at radius 1 is 0.969 bits per heavy atom. The van der Waals surface area contributed by atoms with E-state index >= 15 is 0 Å². The average Bonchev–Trinajstić information content (AvgIpc) is 2.83. The molecular formula is C25H37N5O2. The summed E-state index contributed by atoms with van der Waals surface area (Å²) < 4.78 is 10.7. The topological polar surface area (TPSA) is 61.4 Å². The smallest absolute Gasteiger partial charge is 0.195 e. The van der Waals surface area contributed by atoms with Crippen LogP contribution in [0, 0.1) is 6.92 Å². The summed E-state index contributed by atoms with van der Waals surface area (Å²) in [5.41, 5.74) is 3.58. The lowest BCUT2D eigenvalue weighted by Crippen LogP contribution is -2.46. The predicted octanol–water partition coefficient (Wildman–Crippen LogP) is 3.60. The number of benzene rings is 2.